The van der Waals surface area contributed by atoms with E-state index in [1.54, 1.807) is 0 Å². The molecule has 1 aliphatic carbocycles. The topological polar surface area (TPSA) is 15.3 Å². The largest absolute Gasteiger partial charge is 0.314 e. The fourth-order valence-corrected chi connectivity index (χ4v) is 4.07. The van der Waals surface area contributed by atoms with E-state index in [0.717, 1.165) is 30.7 Å². The van der Waals surface area contributed by atoms with Gasteiger partial charge in [0.05, 0.1) is 0 Å². The summed E-state index contributed by atoms with van der Waals surface area (Å²) in [6.45, 7) is 8.16. The van der Waals surface area contributed by atoms with Crippen molar-refractivity contribution in [2.24, 2.45) is 0 Å². The predicted octanol–water partition coefficient (Wildman–Crippen LogP) is 3.17. The zero-order valence-corrected chi connectivity index (χ0v) is 11.9. The highest BCUT2D eigenvalue weighted by Gasteiger charge is 2.36. The van der Waals surface area contributed by atoms with Gasteiger partial charge in [-0.3, -0.25) is 4.90 Å². The van der Waals surface area contributed by atoms with Crippen LogP contribution in [0.3, 0.4) is 0 Å². The molecule has 2 fully saturated rings. The van der Waals surface area contributed by atoms with Crippen molar-refractivity contribution in [2.45, 2.75) is 89.9 Å². The molecule has 0 aromatic carbocycles. The maximum atomic E-state index is 3.66. The normalized spacial score (nSPS) is 39.7. The van der Waals surface area contributed by atoms with Gasteiger partial charge in [0.25, 0.3) is 0 Å². The Balaban J connectivity index is 1.95. The van der Waals surface area contributed by atoms with Crippen molar-refractivity contribution >= 4 is 0 Å². The predicted molar refractivity (Wildman–Crippen MR) is 74.3 cm³/mol. The SMILES string of the molecule is CCNC1CCCC(N2C(C)CCC2CC)C1. The summed E-state index contributed by atoms with van der Waals surface area (Å²) in [7, 11) is 0. The van der Waals surface area contributed by atoms with E-state index >= 15 is 0 Å². The Labute approximate surface area is 107 Å². The zero-order chi connectivity index (χ0) is 12.3. The van der Waals surface area contributed by atoms with Crippen LogP contribution in [0.2, 0.25) is 0 Å². The van der Waals surface area contributed by atoms with Crippen LogP contribution in [-0.2, 0) is 0 Å². The van der Waals surface area contributed by atoms with E-state index < -0.39 is 0 Å². The second-order valence-electron chi connectivity index (χ2n) is 6.01. The van der Waals surface area contributed by atoms with Gasteiger partial charge >= 0.3 is 0 Å². The fraction of sp³-hybridized carbons (Fsp3) is 1.00. The smallest absolute Gasteiger partial charge is 0.0116 e. The third kappa shape index (κ3) is 3.03. The Hall–Kier alpha value is -0.0800. The summed E-state index contributed by atoms with van der Waals surface area (Å²) in [5, 5.41) is 3.66. The molecule has 0 radical (unpaired) electrons. The molecule has 0 aromatic heterocycles. The van der Waals surface area contributed by atoms with Crippen molar-refractivity contribution in [3.8, 4) is 0 Å². The van der Waals surface area contributed by atoms with Gasteiger partial charge in [-0.25, -0.2) is 0 Å². The third-order valence-corrected chi connectivity index (χ3v) is 4.88. The van der Waals surface area contributed by atoms with Gasteiger partial charge in [-0.2, -0.15) is 0 Å². The van der Waals surface area contributed by atoms with E-state index in [1.807, 2.05) is 0 Å². The van der Waals surface area contributed by atoms with Crippen LogP contribution < -0.4 is 5.32 Å². The minimum Gasteiger partial charge on any atom is -0.314 e. The summed E-state index contributed by atoms with van der Waals surface area (Å²) in [4.78, 5) is 2.86. The molecule has 2 aliphatic rings. The minimum atomic E-state index is 0.782. The highest BCUT2D eigenvalue weighted by molar-refractivity contribution is 4.93. The summed E-state index contributed by atoms with van der Waals surface area (Å²) >= 11 is 0. The molecule has 1 N–H and O–H groups in total. The van der Waals surface area contributed by atoms with Crippen LogP contribution in [0, 0.1) is 0 Å². The van der Waals surface area contributed by atoms with Crippen LogP contribution in [0.25, 0.3) is 0 Å². The first-order valence-electron chi connectivity index (χ1n) is 7.77. The Bertz CT molecular complexity index is 227. The summed E-state index contributed by atoms with van der Waals surface area (Å²) in [5.74, 6) is 0. The van der Waals surface area contributed by atoms with Gasteiger partial charge in [0.2, 0.25) is 0 Å². The number of nitrogens with one attached hydrogen (secondary N) is 1. The molecule has 0 aromatic rings. The first-order valence-corrected chi connectivity index (χ1v) is 7.77. The first-order chi connectivity index (χ1) is 8.26. The quantitative estimate of drug-likeness (QED) is 0.809. The molecule has 2 rings (SSSR count). The summed E-state index contributed by atoms with van der Waals surface area (Å²) in [6.07, 6.45) is 9.82. The lowest BCUT2D eigenvalue weighted by Crippen LogP contribution is -2.48. The number of rotatable bonds is 4. The summed E-state index contributed by atoms with van der Waals surface area (Å²) in [5.41, 5.74) is 0. The molecule has 1 heterocycles. The number of hydrogen-bond acceptors (Lipinski definition) is 2. The highest BCUT2D eigenvalue weighted by Crippen LogP contribution is 2.34. The molecule has 0 spiro atoms. The van der Waals surface area contributed by atoms with Crippen LogP contribution >= 0.6 is 0 Å². The average molecular weight is 238 g/mol. The molecule has 17 heavy (non-hydrogen) atoms. The molecule has 1 aliphatic heterocycles. The number of nitrogens with zero attached hydrogens (tertiary/aromatic N) is 1. The van der Waals surface area contributed by atoms with E-state index in [0.29, 0.717) is 0 Å². The van der Waals surface area contributed by atoms with Crippen molar-refractivity contribution in [1.29, 1.82) is 0 Å². The van der Waals surface area contributed by atoms with Gasteiger partial charge in [-0.05, 0) is 52.0 Å². The Morgan fingerprint density at radius 2 is 1.94 bits per heavy atom. The van der Waals surface area contributed by atoms with Crippen LogP contribution in [0.15, 0.2) is 0 Å². The van der Waals surface area contributed by atoms with Gasteiger partial charge < -0.3 is 5.32 Å². The van der Waals surface area contributed by atoms with Crippen LogP contribution in [0.1, 0.15) is 65.7 Å². The molecular weight excluding hydrogens is 208 g/mol. The Morgan fingerprint density at radius 3 is 2.65 bits per heavy atom. The molecule has 1 saturated heterocycles. The van der Waals surface area contributed by atoms with E-state index in [4.69, 9.17) is 0 Å². The highest BCUT2D eigenvalue weighted by atomic mass is 15.2. The van der Waals surface area contributed by atoms with Crippen molar-refractivity contribution in [1.82, 2.24) is 10.2 Å². The van der Waals surface area contributed by atoms with Crippen LogP contribution in [-0.4, -0.2) is 35.6 Å². The maximum absolute atomic E-state index is 3.66. The molecular formula is C15H30N2. The Morgan fingerprint density at radius 1 is 1.12 bits per heavy atom. The van der Waals surface area contributed by atoms with Crippen molar-refractivity contribution in [3.63, 3.8) is 0 Å². The molecule has 0 amide bonds. The number of likely N-dealkylation sites (tertiary alicyclic amines) is 1. The third-order valence-electron chi connectivity index (χ3n) is 4.88. The average Bonchev–Trinajstić information content (AvgIpc) is 2.71. The zero-order valence-electron chi connectivity index (χ0n) is 11.9. The lowest BCUT2D eigenvalue weighted by atomic mass is 9.89. The van der Waals surface area contributed by atoms with E-state index in [-0.39, 0.29) is 0 Å². The standard InChI is InChI=1S/C15H30N2/c1-4-14-10-9-12(3)17(14)15-8-6-7-13(11-15)16-5-2/h12-16H,4-11H2,1-3H3. The van der Waals surface area contributed by atoms with Gasteiger partial charge in [-0.15, -0.1) is 0 Å². The fourth-order valence-electron chi connectivity index (χ4n) is 4.07. The molecule has 2 heteroatoms. The lowest BCUT2D eigenvalue weighted by Gasteiger charge is -2.41. The molecule has 2 nitrogen and oxygen atoms in total. The molecule has 0 bridgehead atoms. The molecule has 1 saturated carbocycles. The molecule has 100 valence electrons. The lowest BCUT2D eigenvalue weighted by molar-refractivity contribution is 0.0923. The number of hydrogen-bond donors (Lipinski definition) is 1. The first kappa shape index (κ1) is 13.4. The van der Waals surface area contributed by atoms with Gasteiger partial charge in [-0.1, -0.05) is 20.3 Å². The van der Waals surface area contributed by atoms with E-state index in [1.165, 1.54) is 44.9 Å². The van der Waals surface area contributed by atoms with Crippen molar-refractivity contribution in [2.75, 3.05) is 6.54 Å². The van der Waals surface area contributed by atoms with Gasteiger partial charge in [0.15, 0.2) is 0 Å². The maximum Gasteiger partial charge on any atom is 0.0116 e. The minimum absolute atomic E-state index is 0.782. The molecule has 4 atom stereocenters. The monoisotopic (exact) mass is 238 g/mol. The van der Waals surface area contributed by atoms with Crippen molar-refractivity contribution in [3.05, 3.63) is 0 Å². The summed E-state index contributed by atoms with van der Waals surface area (Å²) < 4.78 is 0. The summed E-state index contributed by atoms with van der Waals surface area (Å²) in [6, 6.07) is 3.33. The van der Waals surface area contributed by atoms with Gasteiger partial charge in [0.1, 0.15) is 0 Å². The van der Waals surface area contributed by atoms with E-state index in [9.17, 15) is 0 Å². The van der Waals surface area contributed by atoms with Gasteiger partial charge in [0, 0.05) is 24.2 Å². The van der Waals surface area contributed by atoms with Crippen LogP contribution in [0.5, 0.6) is 0 Å². The molecule has 4 unspecified atom stereocenters. The Kier molecular flexibility index (Phi) is 4.87. The second-order valence-corrected chi connectivity index (χ2v) is 6.01. The van der Waals surface area contributed by atoms with E-state index in [2.05, 4.69) is 31.0 Å². The van der Waals surface area contributed by atoms with Crippen LogP contribution in [0.4, 0.5) is 0 Å². The van der Waals surface area contributed by atoms with Crippen molar-refractivity contribution < 1.29 is 0 Å². The second kappa shape index (κ2) is 6.19.